The molecule has 6 heteroatoms. The molecule has 14 heavy (non-hydrogen) atoms. The summed E-state index contributed by atoms with van der Waals surface area (Å²) < 4.78 is 0. The molecule has 0 aliphatic rings. The minimum atomic E-state index is 0.0397. The second-order valence-corrected chi connectivity index (χ2v) is 3.92. The van der Waals surface area contributed by atoms with E-state index in [4.69, 9.17) is 46.4 Å². The average molecular weight is 271 g/mol. The molecule has 0 aromatic heterocycles. The number of aliphatic imine (C=N–C) groups is 1. The molecule has 0 aliphatic heterocycles. The van der Waals surface area contributed by atoms with E-state index in [2.05, 4.69) is 4.99 Å². The van der Waals surface area contributed by atoms with Crippen LogP contribution in [0.5, 0.6) is 0 Å². The maximum atomic E-state index is 9.92. The van der Waals surface area contributed by atoms with E-state index in [1.165, 1.54) is 12.1 Å². The highest BCUT2D eigenvalue weighted by molar-refractivity contribution is 6.49. The third-order valence-corrected chi connectivity index (χ3v) is 3.15. The maximum Gasteiger partial charge on any atom is 0.235 e. The average Bonchev–Trinajstić information content (AvgIpc) is 2.14. The van der Waals surface area contributed by atoms with Crippen LogP contribution in [0.4, 0.5) is 0 Å². The largest absolute Gasteiger partial charge is 0.235 e. The Bertz CT molecular complexity index is 412. The van der Waals surface area contributed by atoms with Crippen molar-refractivity contribution < 1.29 is 4.79 Å². The van der Waals surface area contributed by atoms with Gasteiger partial charge in [0.15, 0.2) is 0 Å². The predicted molar refractivity (Wildman–Crippen MR) is 58.3 cm³/mol. The van der Waals surface area contributed by atoms with Gasteiger partial charge in [-0.15, -0.1) is 0 Å². The lowest BCUT2D eigenvalue weighted by molar-refractivity contribution is 0.563. The second-order valence-electron chi connectivity index (χ2n) is 2.35. The molecule has 0 N–H and O–H groups in total. The highest BCUT2D eigenvalue weighted by Crippen LogP contribution is 2.37. The Morgan fingerprint density at radius 3 is 2.36 bits per heavy atom. The van der Waals surface area contributed by atoms with Crippen LogP contribution >= 0.6 is 46.4 Å². The smallest absolute Gasteiger partial charge is 0.211 e. The van der Waals surface area contributed by atoms with Gasteiger partial charge in [0.25, 0.3) is 0 Å². The van der Waals surface area contributed by atoms with E-state index in [0.29, 0.717) is 10.6 Å². The minimum absolute atomic E-state index is 0.0397. The first kappa shape index (κ1) is 11.8. The molecular weight excluding hydrogens is 268 g/mol. The highest BCUT2D eigenvalue weighted by Gasteiger charge is 2.12. The molecule has 0 spiro atoms. The van der Waals surface area contributed by atoms with Gasteiger partial charge in [0.2, 0.25) is 6.08 Å². The van der Waals surface area contributed by atoms with Crippen LogP contribution in [0.25, 0.3) is 0 Å². The van der Waals surface area contributed by atoms with E-state index >= 15 is 0 Å². The molecular formula is C8H3Cl4NO. The lowest BCUT2D eigenvalue weighted by atomic mass is 10.2. The van der Waals surface area contributed by atoms with Crippen LogP contribution in [0.1, 0.15) is 5.56 Å². The summed E-state index contributed by atoms with van der Waals surface area (Å²) in [6, 6.07) is 1.45. The molecule has 1 rings (SSSR count). The van der Waals surface area contributed by atoms with Crippen LogP contribution in [0.3, 0.4) is 0 Å². The van der Waals surface area contributed by atoms with Gasteiger partial charge in [-0.25, -0.2) is 9.79 Å². The number of hydrogen-bond acceptors (Lipinski definition) is 2. The molecule has 0 saturated heterocycles. The van der Waals surface area contributed by atoms with E-state index in [-0.39, 0.29) is 21.6 Å². The Morgan fingerprint density at radius 2 is 1.79 bits per heavy atom. The zero-order valence-electron chi connectivity index (χ0n) is 6.65. The number of nitrogens with zero attached hydrogens (tertiary/aromatic N) is 1. The molecule has 0 bridgehead atoms. The van der Waals surface area contributed by atoms with Crippen molar-refractivity contribution in [3.63, 3.8) is 0 Å². The van der Waals surface area contributed by atoms with Gasteiger partial charge in [0.1, 0.15) is 0 Å². The molecule has 0 fully saturated rings. The maximum absolute atomic E-state index is 9.92. The molecule has 0 aliphatic carbocycles. The number of hydrogen-bond donors (Lipinski definition) is 0. The van der Waals surface area contributed by atoms with Gasteiger partial charge in [-0.3, -0.25) is 0 Å². The SMILES string of the molecule is O=C=NCc1c(Cl)cc(Cl)c(Cl)c1Cl. The fourth-order valence-electron chi connectivity index (χ4n) is 0.860. The molecule has 0 amide bonds. The Labute approximate surface area is 100 Å². The Hall–Kier alpha value is -0.240. The third kappa shape index (κ3) is 2.41. The summed E-state index contributed by atoms with van der Waals surface area (Å²) >= 11 is 23.2. The normalized spacial score (nSPS) is 9.71. The van der Waals surface area contributed by atoms with Gasteiger partial charge in [0, 0.05) is 10.6 Å². The molecule has 0 unspecified atom stereocenters. The van der Waals surface area contributed by atoms with Crippen molar-refractivity contribution in [2.75, 3.05) is 0 Å². The van der Waals surface area contributed by atoms with Gasteiger partial charge < -0.3 is 0 Å². The van der Waals surface area contributed by atoms with Gasteiger partial charge in [-0.2, -0.15) is 0 Å². The fraction of sp³-hybridized carbons (Fsp3) is 0.125. The predicted octanol–water partition coefficient (Wildman–Crippen LogP) is 4.14. The van der Waals surface area contributed by atoms with Crippen molar-refractivity contribution >= 4 is 52.5 Å². The number of halogens is 4. The summed E-state index contributed by atoms with van der Waals surface area (Å²) in [5.74, 6) is 0. The topological polar surface area (TPSA) is 29.4 Å². The van der Waals surface area contributed by atoms with Crippen molar-refractivity contribution in [2.45, 2.75) is 6.54 Å². The molecule has 0 radical (unpaired) electrons. The van der Waals surface area contributed by atoms with Crippen molar-refractivity contribution in [1.82, 2.24) is 0 Å². The van der Waals surface area contributed by atoms with Crippen molar-refractivity contribution in [3.8, 4) is 0 Å². The van der Waals surface area contributed by atoms with E-state index in [1.54, 1.807) is 0 Å². The van der Waals surface area contributed by atoms with E-state index < -0.39 is 0 Å². The van der Waals surface area contributed by atoms with E-state index in [0.717, 1.165) is 0 Å². The summed E-state index contributed by atoms with van der Waals surface area (Å²) in [7, 11) is 0. The van der Waals surface area contributed by atoms with Crippen LogP contribution in [-0.4, -0.2) is 6.08 Å². The highest BCUT2D eigenvalue weighted by atomic mass is 35.5. The number of benzene rings is 1. The van der Waals surface area contributed by atoms with Crippen LogP contribution in [0.2, 0.25) is 20.1 Å². The quantitative estimate of drug-likeness (QED) is 0.344. The minimum Gasteiger partial charge on any atom is -0.211 e. The molecule has 0 saturated carbocycles. The van der Waals surface area contributed by atoms with Crippen LogP contribution in [0.15, 0.2) is 11.1 Å². The molecule has 1 aromatic carbocycles. The third-order valence-electron chi connectivity index (χ3n) is 1.51. The van der Waals surface area contributed by atoms with Gasteiger partial charge in [-0.05, 0) is 6.07 Å². The summed E-state index contributed by atoms with van der Waals surface area (Å²) in [5.41, 5.74) is 0.464. The summed E-state index contributed by atoms with van der Waals surface area (Å²) in [6.45, 7) is 0.0397. The summed E-state index contributed by atoms with van der Waals surface area (Å²) in [4.78, 5) is 13.3. The van der Waals surface area contributed by atoms with Gasteiger partial charge in [0.05, 0.1) is 21.6 Å². The Balaban J connectivity index is 3.28. The first-order valence-corrected chi connectivity index (χ1v) is 4.94. The van der Waals surface area contributed by atoms with Crippen LogP contribution in [-0.2, 0) is 11.3 Å². The Morgan fingerprint density at radius 1 is 1.14 bits per heavy atom. The van der Waals surface area contributed by atoms with Crippen molar-refractivity contribution in [3.05, 3.63) is 31.7 Å². The molecule has 74 valence electrons. The number of rotatable bonds is 2. The Kier molecular flexibility index (Phi) is 4.24. The van der Waals surface area contributed by atoms with E-state index in [1.807, 2.05) is 0 Å². The van der Waals surface area contributed by atoms with Crippen molar-refractivity contribution in [1.29, 1.82) is 0 Å². The summed E-state index contributed by atoms with van der Waals surface area (Å²) in [5, 5.41) is 1.00. The van der Waals surface area contributed by atoms with Gasteiger partial charge in [-0.1, -0.05) is 46.4 Å². The lowest BCUT2D eigenvalue weighted by Gasteiger charge is -2.06. The first-order chi connectivity index (χ1) is 6.57. The summed E-state index contributed by atoms with van der Waals surface area (Å²) in [6.07, 6.45) is 1.39. The van der Waals surface area contributed by atoms with Crippen molar-refractivity contribution in [2.24, 2.45) is 4.99 Å². The van der Waals surface area contributed by atoms with Crippen LogP contribution in [0, 0.1) is 0 Å². The number of carbonyl (C=O) groups excluding carboxylic acids is 1. The van der Waals surface area contributed by atoms with Gasteiger partial charge >= 0.3 is 0 Å². The van der Waals surface area contributed by atoms with Crippen LogP contribution < -0.4 is 0 Å². The standard InChI is InChI=1S/C8H3Cl4NO/c9-5-1-6(10)8(12)7(11)4(5)2-13-3-14/h1H,2H2. The van der Waals surface area contributed by atoms with E-state index in [9.17, 15) is 4.79 Å². The molecule has 0 heterocycles. The zero-order valence-corrected chi connectivity index (χ0v) is 9.68. The zero-order chi connectivity index (χ0) is 10.7. The first-order valence-electron chi connectivity index (χ1n) is 3.43. The fourth-order valence-corrected chi connectivity index (χ4v) is 1.91. The number of isocyanates is 1. The molecule has 1 aromatic rings. The molecule has 2 nitrogen and oxygen atoms in total. The lowest BCUT2D eigenvalue weighted by Crippen LogP contribution is -1.87. The second kappa shape index (κ2) is 5.01. The molecule has 0 atom stereocenters. The monoisotopic (exact) mass is 269 g/mol.